The lowest BCUT2D eigenvalue weighted by Crippen LogP contribution is -2.40. The Hall–Kier alpha value is -2.51. The Labute approximate surface area is 168 Å². The Balaban J connectivity index is 1.57. The standard InChI is InChI=1S/C19H20ClN3O3S/c1-2-23(19(27)22-14-5-3-13(20)4-6-14)12-18(24)21-15-7-8-16-17(11-15)26-10-9-25-16/h3-8,11H,2,9-10,12H2,1H3,(H,21,24)(H,22,27). The second kappa shape index (κ2) is 8.92. The molecule has 1 aliphatic rings. The number of benzene rings is 2. The summed E-state index contributed by atoms with van der Waals surface area (Å²) in [5.41, 5.74) is 1.46. The number of anilines is 2. The number of hydrogen-bond acceptors (Lipinski definition) is 4. The highest BCUT2D eigenvalue weighted by Crippen LogP contribution is 2.32. The molecule has 1 heterocycles. The van der Waals surface area contributed by atoms with Crippen molar-refractivity contribution < 1.29 is 14.3 Å². The first-order valence-electron chi connectivity index (χ1n) is 8.56. The molecule has 0 aliphatic carbocycles. The fourth-order valence-corrected chi connectivity index (χ4v) is 3.00. The number of hydrogen-bond donors (Lipinski definition) is 2. The molecule has 0 saturated heterocycles. The highest BCUT2D eigenvalue weighted by molar-refractivity contribution is 7.80. The Morgan fingerprint density at radius 1 is 1.07 bits per heavy atom. The second-order valence-electron chi connectivity index (χ2n) is 5.86. The molecule has 0 aromatic heterocycles. The van der Waals surface area contributed by atoms with Crippen molar-refractivity contribution in [2.75, 3.05) is 36.9 Å². The molecule has 2 aromatic carbocycles. The number of amides is 1. The molecule has 1 amide bonds. The smallest absolute Gasteiger partial charge is 0.243 e. The minimum atomic E-state index is -0.172. The molecule has 0 bridgehead atoms. The summed E-state index contributed by atoms with van der Waals surface area (Å²) in [5, 5.41) is 7.09. The van der Waals surface area contributed by atoms with Crippen LogP contribution in [-0.2, 0) is 4.79 Å². The highest BCUT2D eigenvalue weighted by Gasteiger charge is 2.15. The molecule has 0 fully saturated rings. The van der Waals surface area contributed by atoms with E-state index < -0.39 is 0 Å². The van der Waals surface area contributed by atoms with Crippen molar-refractivity contribution in [3.8, 4) is 11.5 Å². The number of carbonyl (C=O) groups is 1. The number of fused-ring (bicyclic) bond motifs is 1. The quantitative estimate of drug-likeness (QED) is 0.738. The molecule has 6 nitrogen and oxygen atoms in total. The van der Waals surface area contributed by atoms with Gasteiger partial charge in [-0.15, -0.1) is 0 Å². The number of carbonyl (C=O) groups excluding carboxylic acids is 1. The number of halogens is 1. The van der Waals surface area contributed by atoms with Crippen LogP contribution in [0.15, 0.2) is 42.5 Å². The molecule has 3 rings (SSSR count). The molecule has 0 radical (unpaired) electrons. The summed E-state index contributed by atoms with van der Waals surface area (Å²) in [5.74, 6) is 1.14. The zero-order valence-corrected chi connectivity index (χ0v) is 16.4. The zero-order valence-electron chi connectivity index (χ0n) is 14.8. The fraction of sp³-hybridized carbons (Fsp3) is 0.263. The average Bonchev–Trinajstić information content (AvgIpc) is 2.67. The number of thiocarbonyl (C=S) groups is 1. The van der Waals surface area contributed by atoms with E-state index >= 15 is 0 Å². The first-order valence-corrected chi connectivity index (χ1v) is 9.35. The summed E-state index contributed by atoms with van der Waals surface area (Å²) in [6, 6.07) is 12.5. The first-order chi connectivity index (χ1) is 13.0. The normalized spacial score (nSPS) is 12.2. The van der Waals surface area contributed by atoms with Gasteiger partial charge < -0.3 is 25.0 Å². The van der Waals surface area contributed by atoms with E-state index in [1.54, 1.807) is 35.2 Å². The van der Waals surface area contributed by atoms with Gasteiger partial charge in [-0.25, -0.2) is 0 Å². The maximum atomic E-state index is 12.4. The van der Waals surface area contributed by atoms with Crippen LogP contribution in [0.2, 0.25) is 5.02 Å². The maximum Gasteiger partial charge on any atom is 0.243 e. The lowest BCUT2D eigenvalue weighted by molar-refractivity contribution is -0.116. The van der Waals surface area contributed by atoms with Crippen LogP contribution in [0.1, 0.15) is 6.92 Å². The van der Waals surface area contributed by atoms with Crippen LogP contribution in [0.25, 0.3) is 0 Å². The summed E-state index contributed by atoms with van der Waals surface area (Å²) in [6.07, 6.45) is 0. The monoisotopic (exact) mass is 405 g/mol. The molecule has 0 spiro atoms. The molecule has 0 saturated carbocycles. The SMILES string of the molecule is CCN(CC(=O)Nc1ccc2c(c1)OCCO2)C(=S)Nc1ccc(Cl)cc1. The van der Waals surface area contributed by atoms with Crippen LogP contribution in [0, 0.1) is 0 Å². The number of nitrogens with zero attached hydrogens (tertiary/aromatic N) is 1. The summed E-state index contributed by atoms with van der Waals surface area (Å²) in [6.45, 7) is 3.69. The van der Waals surface area contributed by atoms with Gasteiger partial charge in [0.2, 0.25) is 5.91 Å². The van der Waals surface area contributed by atoms with Gasteiger partial charge in [0, 0.05) is 29.0 Å². The predicted octanol–water partition coefficient (Wildman–Crippen LogP) is 3.77. The van der Waals surface area contributed by atoms with Gasteiger partial charge >= 0.3 is 0 Å². The van der Waals surface area contributed by atoms with Crippen molar-refractivity contribution in [2.45, 2.75) is 6.92 Å². The maximum absolute atomic E-state index is 12.4. The Kier molecular flexibility index (Phi) is 6.36. The molecular weight excluding hydrogens is 386 g/mol. The Morgan fingerprint density at radius 3 is 2.44 bits per heavy atom. The van der Waals surface area contributed by atoms with Crippen molar-refractivity contribution in [3.63, 3.8) is 0 Å². The highest BCUT2D eigenvalue weighted by atomic mass is 35.5. The zero-order chi connectivity index (χ0) is 19.2. The summed E-state index contributed by atoms with van der Waals surface area (Å²) >= 11 is 11.3. The van der Waals surface area contributed by atoms with E-state index in [9.17, 15) is 4.79 Å². The predicted molar refractivity (Wildman–Crippen MR) is 111 cm³/mol. The minimum absolute atomic E-state index is 0.129. The van der Waals surface area contributed by atoms with Crippen LogP contribution < -0.4 is 20.1 Å². The Morgan fingerprint density at radius 2 is 1.74 bits per heavy atom. The van der Waals surface area contributed by atoms with Gasteiger partial charge in [0.15, 0.2) is 16.6 Å². The lowest BCUT2D eigenvalue weighted by Gasteiger charge is -2.24. The fourth-order valence-electron chi connectivity index (χ4n) is 2.56. The van der Waals surface area contributed by atoms with Crippen LogP contribution in [-0.4, -0.2) is 42.2 Å². The van der Waals surface area contributed by atoms with Gasteiger partial charge in [0.1, 0.15) is 13.2 Å². The molecule has 8 heteroatoms. The molecule has 142 valence electrons. The van der Waals surface area contributed by atoms with Gasteiger partial charge in [0.25, 0.3) is 0 Å². The van der Waals surface area contributed by atoms with Crippen LogP contribution >= 0.6 is 23.8 Å². The van der Waals surface area contributed by atoms with Crippen LogP contribution in [0.4, 0.5) is 11.4 Å². The molecule has 2 aromatic rings. The third kappa shape index (κ3) is 5.24. The van der Waals surface area contributed by atoms with E-state index in [1.807, 2.05) is 19.1 Å². The largest absolute Gasteiger partial charge is 0.486 e. The van der Waals surface area contributed by atoms with Crippen molar-refractivity contribution in [1.82, 2.24) is 4.90 Å². The van der Waals surface area contributed by atoms with Gasteiger partial charge in [0.05, 0.1) is 6.54 Å². The minimum Gasteiger partial charge on any atom is -0.486 e. The molecule has 1 aliphatic heterocycles. The Bertz CT molecular complexity index is 829. The van der Waals surface area contributed by atoms with Gasteiger partial charge in [-0.1, -0.05) is 11.6 Å². The lowest BCUT2D eigenvalue weighted by atomic mass is 10.2. The molecule has 27 heavy (non-hydrogen) atoms. The van der Waals surface area contributed by atoms with Gasteiger partial charge in [-0.2, -0.15) is 0 Å². The van der Waals surface area contributed by atoms with E-state index in [4.69, 9.17) is 33.3 Å². The van der Waals surface area contributed by atoms with E-state index in [-0.39, 0.29) is 12.5 Å². The topological polar surface area (TPSA) is 62.8 Å². The first kappa shape index (κ1) is 19.3. The summed E-state index contributed by atoms with van der Waals surface area (Å²) in [7, 11) is 0. The number of nitrogens with one attached hydrogen (secondary N) is 2. The van der Waals surface area contributed by atoms with Crippen molar-refractivity contribution >= 4 is 46.2 Å². The summed E-state index contributed by atoms with van der Waals surface area (Å²) in [4.78, 5) is 14.2. The van der Waals surface area contributed by atoms with Crippen LogP contribution in [0.3, 0.4) is 0 Å². The van der Waals surface area contributed by atoms with Crippen molar-refractivity contribution in [2.24, 2.45) is 0 Å². The van der Waals surface area contributed by atoms with Crippen molar-refractivity contribution in [3.05, 3.63) is 47.5 Å². The van der Waals surface area contributed by atoms with E-state index in [2.05, 4.69) is 10.6 Å². The molecular formula is C19H20ClN3O3S. The van der Waals surface area contributed by atoms with E-state index in [0.29, 0.717) is 47.1 Å². The van der Waals surface area contributed by atoms with E-state index in [0.717, 1.165) is 5.69 Å². The molecule has 0 unspecified atom stereocenters. The number of likely N-dealkylation sites (N-methyl/N-ethyl adjacent to an activating group) is 1. The van der Waals surface area contributed by atoms with Crippen LogP contribution in [0.5, 0.6) is 11.5 Å². The molecule has 0 atom stereocenters. The van der Waals surface area contributed by atoms with E-state index in [1.165, 1.54) is 0 Å². The molecule has 2 N–H and O–H groups in total. The van der Waals surface area contributed by atoms with Gasteiger partial charge in [-0.3, -0.25) is 4.79 Å². The number of rotatable bonds is 5. The third-order valence-corrected chi connectivity index (χ3v) is 4.54. The second-order valence-corrected chi connectivity index (χ2v) is 6.68. The number of ether oxygens (including phenoxy) is 2. The average molecular weight is 406 g/mol. The third-order valence-electron chi connectivity index (χ3n) is 3.92. The van der Waals surface area contributed by atoms with Gasteiger partial charge in [-0.05, 0) is 55.5 Å². The van der Waals surface area contributed by atoms with Crippen molar-refractivity contribution in [1.29, 1.82) is 0 Å². The summed E-state index contributed by atoms with van der Waals surface area (Å²) < 4.78 is 11.0.